The molecule has 2 aliphatic carbocycles. The second kappa shape index (κ2) is 18.6. The Morgan fingerprint density at radius 2 is 0.615 bits per heavy atom. The molecule has 2 aliphatic rings. The highest BCUT2D eigenvalue weighted by Gasteiger charge is 2.38. The van der Waals surface area contributed by atoms with Gasteiger partial charge in [0.1, 0.15) is 11.6 Å². The summed E-state index contributed by atoms with van der Waals surface area (Å²) in [6.07, 6.45) is 12.8. The van der Waals surface area contributed by atoms with E-state index in [-0.39, 0.29) is 10.8 Å². The van der Waals surface area contributed by atoms with E-state index in [4.69, 9.17) is 9.97 Å². The van der Waals surface area contributed by atoms with Gasteiger partial charge < -0.3 is 0 Å². The molecule has 0 unspecified atom stereocenters. The van der Waals surface area contributed by atoms with Crippen LogP contribution in [0.2, 0.25) is 0 Å². The molecule has 4 heteroatoms. The summed E-state index contributed by atoms with van der Waals surface area (Å²) in [5.41, 5.74) is 19.2. The van der Waals surface area contributed by atoms with Crippen LogP contribution < -0.4 is 9.80 Å². The number of anilines is 6. The average molecular weight is 1000 g/mol. The summed E-state index contributed by atoms with van der Waals surface area (Å²) in [6, 6.07) is 83.7. The molecule has 2 heterocycles. The van der Waals surface area contributed by atoms with E-state index >= 15 is 0 Å². The number of rotatable bonds is 10. The van der Waals surface area contributed by atoms with E-state index in [2.05, 4.69) is 268 Å². The zero-order valence-electron chi connectivity index (χ0n) is 44.2. The quantitative estimate of drug-likeness (QED) is 0.101. The van der Waals surface area contributed by atoms with Crippen molar-refractivity contribution in [1.29, 1.82) is 0 Å². The number of benzene rings is 10. The van der Waals surface area contributed by atoms with Gasteiger partial charge in [0.2, 0.25) is 0 Å². The van der Waals surface area contributed by atoms with E-state index in [0.29, 0.717) is 0 Å². The van der Waals surface area contributed by atoms with Crippen LogP contribution in [0.5, 0.6) is 0 Å². The molecular weight excluding hydrogens is 945 g/mol. The van der Waals surface area contributed by atoms with Gasteiger partial charge in [-0.2, -0.15) is 0 Å². The first-order chi connectivity index (χ1) is 38.2. The smallest absolute Gasteiger partial charge is 0.137 e. The fraction of sp³-hybridized carbons (Fsp3) is 0.0811. The molecular formula is C74H56N4. The molecule has 12 aromatic rings. The summed E-state index contributed by atoms with van der Waals surface area (Å²) in [5, 5.41) is 7.57. The Bertz CT molecular complexity index is 3990. The lowest BCUT2D eigenvalue weighted by atomic mass is 9.81. The minimum atomic E-state index is -0.193. The number of fused-ring (bicyclic) bond motifs is 12. The van der Waals surface area contributed by atoms with Crippen molar-refractivity contribution in [3.8, 4) is 22.3 Å². The molecule has 0 bridgehead atoms. The maximum Gasteiger partial charge on any atom is 0.137 e. The van der Waals surface area contributed by atoms with E-state index in [9.17, 15) is 0 Å². The van der Waals surface area contributed by atoms with Gasteiger partial charge in [-0.25, -0.2) is 9.97 Å². The van der Waals surface area contributed by atoms with Crippen molar-refractivity contribution < 1.29 is 0 Å². The summed E-state index contributed by atoms with van der Waals surface area (Å²) in [4.78, 5) is 14.0. The standard InChI is InChI=1S/C74H56N4/c1-73(2)67-45-51(31-37-61(67)63-39-33-55(47-69(63)73)77(53-17-7-5-8-18-53)71-23-13-15-41-75-71)27-25-49-29-35-59-60-36-30-50(44-66(60)58-22-12-11-21-57(58)65(59)43-49)26-28-52-32-38-62-64-40-34-56(48-70(64)74(3,4)68(62)46-52)78(54-19-9-6-10-20-54)72-24-14-16-42-76-72/h5-48H,1-4H3/b27-25+,28-26+. The number of pyridine rings is 2. The third-order valence-electron chi connectivity index (χ3n) is 16.5. The molecule has 0 radical (unpaired) electrons. The first-order valence-electron chi connectivity index (χ1n) is 27.0. The van der Waals surface area contributed by atoms with Crippen LogP contribution in [0.4, 0.5) is 34.4 Å². The third kappa shape index (κ3) is 7.91. The normalized spacial score (nSPS) is 13.7. The SMILES string of the molecule is CC1(C)c2cc(/C=C/c3ccc4c5ccc(/C=C/c6ccc7c(c6)C(C)(C)c6cc(N(c8ccccc8)c8ccccn8)ccc6-7)cc5c5ccccc5c4c3)ccc2-c2ccc(N(c3ccccc3)c3ccccn3)cc21. The molecule has 10 aromatic carbocycles. The molecule has 0 saturated carbocycles. The number of nitrogens with zero attached hydrogens (tertiary/aromatic N) is 4. The summed E-state index contributed by atoms with van der Waals surface area (Å²) in [5.74, 6) is 1.79. The Kier molecular flexibility index (Phi) is 11.2. The molecule has 0 fully saturated rings. The van der Waals surface area contributed by atoms with Crippen LogP contribution in [-0.2, 0) is 10.8 Å². The summed E-state index contributed by atoms with van der Waals surface area (Å²) >= 11 is 0. The lowest BCUT2D eigenvalue weighted by Gasteiger charge is -2.27. The summed E-state index contributed by atoms with van der Waals surface area (Å²) in [6.45, 7) is 9.42. The Hall–Kier alpha value is -9.64. The van der Waals surface area contributed by atoms with Crippen molar-refractivity contribution in [2.24, 2.45) is 0 Å². The van der Waals surface area contributed by atoms with Gasteiger partial charge in [0.05, 0.1) is 0 Å². The van der Waals surface area contributed by atoms with Crippen molar-refractivity contribution in [1.82, 2.24) is 9.97 Å². The Balaban J connectivity index is 0.734. The van der Waals surface area contributed by atoms with Gasteiger partial charge in [0.15, 0.2) is 0 Å². The molecule has 0 aliphatic heterocycles. The van der Waals surface area contributed by atoms with E-state index < -0.39 is 0 Å². The van der Waals surface area contributed by atoms with Crippen LogP contribution in [0, 0.1) is 0 Å². The van der Waals surface area contributed by atoms with Gasteiger partial charge in [-0.1, -0.05) is 198 Å². The molecule has 14 rings (SSSR count). The van der Waals surface area contributed by atoms with Crippen LogP contribution in [0.3, 0.4) is 0 Å². The predicted molar refractivity (Wildman–Crippen MR) is 330 cm³/mol. The molecule has 0 saturated heterocycles. The molecule has 0 spiro atoms. The average Bonchev–Trinajstić information content (AvgIpc) is 4.09. The third-order valence-corrected chi connectivity index (χ3v) is 16.5. The predicted octanol–water partition coefficient (Wildman–Crippen LogP) is 19.8. The molecule has 2 aromatic heterocycles. The lowest BCUT2D eigenvalue weighted by molar-refractivity contribution is 0.660. The van der Waals surface area contributed by atoms with Gasteiger partial charge >= 0.3 is 0 Å². The largest absolute Gasteiger partial charge is 0.295 e. The van der Waals surface area contributed by atoms with Crippen LogP contribution in [-0.4, -0.2) is 9.97 Å². The maximum atomic E-state index is 4.76. The van der Waals surface area contributed by atoms with Crippen LogP contribution in [0.15, 0.2) is 243 Å². The van der Waals surface area contributed by atoms with Gasteiger partial charge in [0.25, 0.3) is 0 Å². The van der Waals surface area contributed by atoms with Crippen LogP contribution >= 0.6 is 0 Å². The minimum absolute atomic E-state index is 0.193. The van der Waals surface area contributed by atoms with Crippen molar-refractivity contribution in [3.05, 3.63) is 287 Å². The second-order valence-corrected chi connectivity index (χ2v) is 21.9. The van der Waals surface area contributed by atoms with Crippen LogP contribution in [0.25, 0.3) is 78.9 Å². The molecule has 0 N–H and O–H groups in total. The number of aromatic nitrogens is 2. The van der Waals surface area contributed by atoms with E-state index in [1.807, 2.05) is 36.7 Å². The number of hydrogen-bond acceptors (Lipinski definition) is 4. The highest BCUT2D eigenvalue weighted by molar-refractivity contribution is 6.26. The van der Waals surface area contributed by atoms with Gasteiger partial charge in [-0.05, 0) is 184 Å². The Morgan fingerprint density at radius 1 is 0.282 bits per heavy atom. The monoisotopic (exact) mass is 1000 g/mol. The number of para-hydroxylation sites is 2. The summed E-state index contributed by atoms with van der Waals surface area (Å²) < 4.78 is 0. The zero-order chi connectivity index (χ0) is 52.5. The zero-order valence-corrected chi connectivity index (χ0v) is 44.2. The highest BCUT2D eigenvalue weighted by Crippen LogP contribution is 2.53. The van der Waals surface area contributed by atoms with E-state index in [1.54, 1.807) is 0 Å². The molecule has 78 heavy (non-hydrogen) atoms. The van der Waals surface area contributed by atoms with Crippen molar-refractivity contribution in [2.45, 2.75) is 38.5 Å². The minimum Gasteiger partial charge on any atom is -0.295 e. The molecule has 0 amide bonds. The number of hydrogen-bond donors (Lipinski definition) is 0. The van der Waals surface area contributed by atoms with Gasteiger partial charge in [-0.15, -0.1) is 0 Å². The lowest BCUT2D eigenvalue weighted by Crippen LogP contribution is -2.17. The molecule has 4 nitrogen and oxygen atoms in total. The van der Waals surface area contributed by atoms with Crippen LogP contribution in [0.1, 0.15) is 72.2 Å². The summed E-state index contributed by atoms with van der Waals surface area (Å²) in [7, 11) is 0. The molecule has 372 valence electrons. The van der Waals surface area contributed by atoms with Gasteiger partial charge in [0, 0.05) is 46.0 Å². The second-order valence-electron chi connectivity index (χ2n) is 21.9. The van der Waals surface area contributed by atoms with Crippen molar-refractivity contribution in [2.75, 3.05) is 9.80 Å². The highest BCUT2D eigenvalue weighted by atomic mass is 15.2. The first-order valence-corrected chi connectivity index (χ1v) is 27.0. The van der Waals surface area contributed by atoms with Gasteiger partial charge in [-0.3, -0.25) is 9.80 Å². The topological polar surface area (TPSA) is 32.3 Å². The van der Waals surface area contributed by atoms with Crippen molar-refractivity contribution >= 4 is 91.0 Å². The molecule has 0 atom stereocenters. The van der Waals surface area contributed by atoms with E-state index in [0.717, 1.165) is 34.4 Å². The first kappa shape index (κ1) is 46.9. The Labute approximate surface area is 456 Å². The fourth-order valence-corrected chi connectivity index (χ4v) is 12.5. The maximum absolute atomic E-state index is 4.76. The fourth-order valence-electron chi connectivity index (χ4n) is 12.5. The van der Waals surface area contributed by atoms with Crippen molar-refractivity contribution in [3.63, 3.8) is 0 Å². The van der Waals surface area contributed by atoms with E-state index in [1.165, 1.54) is 99.1 Å². The Morgan fingerprint density at radius 3 is 1.01 bits per heavy atom.